The number of carbonyl (C=O) groups is 2. The van der Waals surface area contributed by atoms with Crippen molar-refractivity contribution in [1.82, 2.24) is 14.9 Å². The third-order valence-corrected chi connectivity index (χ3v) is 10.1. The topological polar surface area (TPSA) is 113 Å². The number of benzene rings is 1. The minimum absolute atomic E-state index is 0.0772. The number of fused-ring (bicyclic) bond motifs is 1. The van der Waals surface area contributed by atoms with Crippen LogP contribution in [0.5, 0.6) is 0 Å². The van der Waals surface area contributed by atoms with Crippen molar-refractivity contribution in [3.63, 3.8) is 0 Å². The molecule has 1 saturated heterocycles. The van der Waals surface area contributed by atoms with Crippen molar-refractivity contribution < 1.29 is 18.0 Å². The van der Waals surface area contributed by atoms with Crippen molar-refractivity contribution in [2.75, 3.05) is 23.0 Å². The molecule has 204 valence electrons. The summed E-state index contributed by atoms with van der Waals surface area (Å²) in [6.45, 7) is 5.01. The molecule has 2 amide bonds. The highest BCUT2D eigenvalue weighted by molar-refractivity contribution is 7.90. The molecule has 3 aromatic rings. The normalized spacial score (nSPS) is 18.4. The molecule has 2 aliphatic heterocycles. The molecule has 2 aromatic heterocycles. The Labute approximate surface area is 232 Å². The molecule has 0 radical (unpaired) electrons. The molecule has 0 spiro atoms. The zero-order valence-electron chi connectivity index (χ0n) is 22.2. The Kier molecular flexibility index (Phi) is 6.46. The SMILES string of the molecule is Cc1nc(Nc2cccc(N3CCCCC3=O)n2)sc1-c1cc2c(c(S(C)(=O)=O)c1)C(=O)N([C@@H](C)C1CC1)C2. The molecule has 1 saturated carbocycles. The second-order valence-corrected chi connectivity index (χ2v) is 13.7. The van der Waals surface area contributed by atoms with E-state index in [0.717, 1.165) is 53.6 Å². The summed E-state index contributed by atoms with van der Waals surface area (Å²) in [7, 11) is -3.64. The summed E-state index contributed by atoms with van der Waals surface area (Å²) in [5.41, 5.74) is 2.53. The molecule has 3 aliphatic rings. The third kappa shape index (κ3) is 4.93. The monoisotopic (exact) mass is 565 g/mol. The van der Waals surface area contributed by atoms with E-state index in [9.17, 15) is 18.0 Å². The molecular formula is C28H31N5O4S2. The zero-order chi connectivity index (χ0) is 27.5. The highest BCUT2D eigenvalue weighted by Gasteiger charge is 2.41. The Morgan fingerprint density at radius 2 is 1.92 bits per heavy atom. The molecule has 2 fully saturated rings. The minimum atomic E-state index is -3.64. The van der Waals surface area contributed by atoms with Gasteiger partial charge in [0.15, 0.2) is 15.0 Å². The summed E-state index contributed by atoms with van der Waals surface area (Å²) in [4.78, 5) is 39.4. The van der Waals surface area contributed by atoms with Gasteiger partial charge in [-0.05, 0) is 80.8 Å². The number of anilines is 3. The number of nitrogens with one attached hydrogen (secondary N) is 1. The number of piperidine rings is 1. The largest absolute Gasteiger partial charge is 0.331 e. The molecule has 0 bridgehead atoms. The molecule has 1 aromatic carbocycles. The van der Waals surface area contributed by atoms with Gasteiger partial charge in [0.25, 0.3) is 5.91 Å². The van der Waals surface area contributed by atoms with Crippen LogP contribution in [0.25, 0.3) is 10.4 Å². The van der Waals surface area contributed by atoms with E-state index in [-0.39, 0.29) is 22.8 Å². The number of rotatable bonds is 7. The van der Waals surface area contributed by atoms with Gasteiger partial charge in [-0.1, -0.05) is 17.4 Å². The van der Waals surface area contributed by atoms with Crippen molar-refractivity contribution in [2.24, 2.45) is 5.92 Å². The van der Waals surface area contributed by atoms with E-state index in [1.807, 2.05) is 36.1 Å². The summed E-state index contributed by atoms with van der Waals surface area (Å²) in [5.74, 6) is 1.57. The average molecular weight is 566 g/mol. The van der Waals surface area contributed by atoms with Crippen molar-refractivity contribution in [3.8, 4) is 10.4 Å². The third-order valence-electron chi connectivity index (χ3n) is 7.82. The summed E-state index contributed by atoms with van der Waals surface area (Å²) in [6, 6.07) is 9.16. The number of aryl methyl sites for hydroxylation is 1. The Balaban J connectivity index is 1.31. The van der Waals surface area contributed by atoms with E-state index in [2.05, 4.69) is 22.2 Å². The van der Waals surface area contributed by atoms with Crippen molar-refractivity contribution in [1.29, 1.82) is 0 Å². The highest BCUT2D eigenvalue weighted by atomic mass is 32.2. The van der Waals surface area contributed by atoms with Crippen LogP contribution in [0, 0.1) is 12.8 Å². The number of hydrogen-bond acceptors (Lipinski definition) is 8. The van der Waals surface area contributed by atoms with Gasteiger partial charge >= 0.3 is 0 Å². The molecule has 0 unspecified atom stereocenters. The lowest BCUT2D eigenvalue weighted by Gasteiger charge is -2.25. The van der Waals surface area contributed by atoms with Crippen LogP contribution in [0.4, 0.5) is 16.8 Å². The average Bonchev–Trinajstić information content (AvgIpc) is 3.61. The Morgan fingerprint density at radius 3 is 2.64 bits per heavy atom. The van der Waals surface area contributed by atoms with Crippen LogP contribution in [0.3, 0.4) is 0 Å². The van der Waals surface area contributed by atoms with E-state index in [0.29, 0.717) is 47.8 Å². The van der Waals surface area contributed by atoms with Crippen LogP contribution in [0.1, 0.15) is 60.6 Å². The summed E-state index contributed by atoms with van der Waals surface area (Å²) >= 11 is 1.40. The Bertz CT molecular complexity index is 1600. The first-order valence-corrected chi connectivity index (χ1v) is 16.0. The Hall–Kier alpha value is -3.31. The molecule has 4 heterocycles. The van der Waals surface area contributed by atoms with E-state index >= 15 is 0 Å². The number of thiazole rings is 1. The van der Waals surface area contributed by atoms with Crippen molar-refractivity contribution >= 4 is 49.8 Å². The Morgan fingerprint density at radius 1 is 1.13 bits per heavy atom. The molecule has 1 N–H and O–H groups in total. The van der Waals surface area contributed by atoms with Gasteiger partial charge in [0.1, 0.15) is 11.6 Å². The van der Waals surface area contributed by atoms with Crippen LogP contribution in [0.2, 0.25) is 0 Å². The molecular weight excluding hydrogens is 534 g/mol. The predicted molar refractivity (Wildman–Crippen MR) is 151 cm³/mol. The van der Waals surface area contributed by atoms with Gasteiger partial charge in [0.2, 0.25) is 5.91 Å². The second kappa shape index (κ2) is 9.71. The molecule has 1 aliphatic carbocycles. The maximum Gasteiger partial charge on any atom is 0.256 e. The first-order chi connectivity index (χ1) is 18.6. The second-order valence-electron chi connectivity index (χ2n) is 10.7. The number of sulfone groups is 1. The number of nitrogens with zero attached hydrogens (tertiary/aromatic N) is 4. The summed E-state index contributed by atoms with van der Waals surface area (Å²) in [5, 5.41) is 3.86. The minimum Gasteiger partial charge on any atom is -0.331 e. The van der Waals surface area contributed by atoms with E-state index in [1.54, 1.807) is 11.0 Å². The van der Waals surface area contributed by atoms with E-state index in [1.165, 1.54) is 11.3 Å². The maximum atomic E-state index is 13.3. The molecule has 6 rings (SSSR count). The van der Waals surface area contributed by atoms with Crippen molar-refractivity contribution in [3.05, 3.63) is 47.2 Å². The number of pyridine rings is 1. The van der Waals surface area contributed by atoms with Crippen LogP contribution in [-0.4, -0.2) is 53.9 Å². The zero-order valence-corrected chi connectivity index (χ0v) is 23.9. The number of carbonyl (C=O) groups excluding carboxylic acids is 2. The van der Waals surface area contributed by atoms with Crippen LogP contribution < -0.4 is 10.2 Å². The fourth-order valence-electron chi connectivity index (χ4n) is 5.54. The van der Waals surface area contributed by atoms with Crippen molar-refractivity contribution in [2.45, 2.75) is 63.4 Å². The predicted octanol–water partition coefficient (Wildman–Crippen LogP) is 4.93. The van der Waals surface area contributed by atoms with E-state index < -0.39 is 9.84 Å². The molecule has 39 heavy (non-hydrogen) atoms. The quantitative estimate of drug-likeness (QED) is 0.432. The lowest BCUT2D eigenvalue weighted by atomic mass is 10.0. The number of aromatic nitrogens is 2. The summed E-state index contributed by atoms with van der Waals surface area (Å²) < 4.78 is 25.7. The lowest BCUT2D eigenvalue weighted by molar-refractivity contribution is -0.119. The van der Waals surface area contributed by atoms with Gasteiger partial charge in [0, 0.05) is 31.8 Å². The molecule has 1 atom stereocenters. The fraction of sp³-hybridized carbons (Fsp3) is 0.429. The standard InChI is InChI=1S/C28H31N5O4S2/c1-16-26(38-28(29-16)31-22-7-6-8-23(30-22)32-12-5-4-9-24(32)34)19-13-20-15-33(17(2)18-10-11-18)27(35)25(20)21(14-19)39(3,36)37/h6-8,13-14,17-18H,4-5,9-12,15H2,1-3H3,(H,29,30,31)/t17-/m0/s1. The lowest BCUT2D eigenvalue weighted by Crippen LogP contribution is -2.35. The van der Waals surface area contributed by atoms with Gasteiger partial charge in [-0.2, -0.15) is 0 Å². The van der Waals surface area contributed by atoms with Gasteiger partial charge < -0.3 is 10.2 Å². The molecule has 11 heteroatoms. The fourth-order valence-corrected chi connectivity index (χ4v) is 7.43. The van der Waals surface area contributed by atoms with Crippen LogP contribution in [-0.2, 0) is 21.2 Å². The number of hydrogen-bond donors (Lipinski definition) is 1. The maximum absolute atomic E-state index is 13.3. The van der Waals surface area contributed by atoms with Gasteiger partial charge in [0.05, 0.1) is 21.0 Å². The van der Waals surface area contributed by atoms with Crippen LogP contribution in [0.15, 0.2) is 35.2 Å². The van der Waals surface area contributed by atoms with Crippen LogP contribution >= 0.6 is 11.3 Å². The summed E-state index contributed by atoms with van der Waals surface area (Å²) in [6.07, 6.45) is 5.77. The first kappa shape index (κ1) is 25.9. The van der Waals surface area contributed by atoms with Gasteiger partial charge in [-0.3, -0.25) is 14.5 Å². The smallest absolute Gasteiger partial charge is 0.256 e. The first-order valence-electron chi connectivity index (χ1n) is 13.3. The van der Waals surface area contributed by atoms with Gasteiger partial charge in [-0.25, -0.2) is 18.4 Å². The van der Waals surface area contributed by atoms with Gasteiger partial charge in [-0.15, -0.1) is 0 Å². The van der Waals surface area contributed by atoms with E-state index in [4.69, 9.17) is 0 Å². The molecule has 9 nitrogen and oxygen atoms in total. The highest BCUT2D eigenvalue weighted by Crippen LogP contribution is 2.42. The number of amides is 2.